The van der Waals surface area contributed by atoms with Crippen LogP contribution in [-0.4, -0.2) is 74.5 Å². The molecule has 0 amide bonds. The highest BCUT2D eigenvalue weighted by Crippen LogP contribution is 2.22. The van der Waals surface area contributed by atoms with Gasteiger partial charge in [-0.25, -0.2) is 4.98 Å². The second-order valence-electron chi connectivity index (χ2n) is 6.29. The Labute approximate surface area is 187 Å². The van der Waals surface area contributed by atoms with E-state index in [1.54, 1.807) is 19.3 Å². The molecule has 3 rings (SSSR count). The van der Waals surface area contributed by atoms with Crippen LogP contribution in [0.5, 0.6) is 0 Å². The Morgan fingerprint density at radius 3 is 2.81 bits per heavy atom. The molecule has 0 spiro atoms. The van der Waals surface area contributed by atoms with Crippen LogP contribution >= 0.6 is 47.2 Å². The van der Waals surface area contributed by atoms with Crippen LogP contribution in [-0.2, 0) is 9.47 Å². The van der Waals surface area contributed by atoms with Gasteiger partial charge in [0.05, 0.1) is 22.8 Å². The minimum atomic E-state index is 0. The van der Waals surface area contributed by atoms with Gasteiger partial charge in [-0.05, 0) is 18.9 Å². The molecular weight excluding hydrogens is 504 g/mol. The van der Waals surface area contributed by atoms with Crippen molar-refractivity contribution < 1.29 is 9.47 Å². The van der Waals surface area contributed by atoms with Gasteiger partial charge < -0.3 is 25.0 Å². The smallest absolute Gasteiger partial charge is 0.193 e. The zero-order chi connectivity index (χ0) is 18.4. The van der Waals surface area contributed by atoms with Gasteiger partial charge in [0.2, 0.25) is 0 Å². The van der Waals surface area contributed by atoms with E-state index in [1.807, 2.05) is 0 Å². The maximum atomic E-state index is 6.11. The van der Waals surface area contributed by atoms with Crippen molar-refractivity contribution in [3.63, 3.8) is 0 Å². The Bertz CT molecular complexity index is 631. The lowest BCUT2D eigenvalue weighted by atomic mass is 10.1. The summed E-state index contributed by atoms with van der Waals surface area (Å²) in [6.07, 6.45) is 4.07. The summed E-state index contributed by atoms with van der Waals surface area (Å²) >= 11 is 12.0. The summed E-state index contributed by atoms with van der Waals surface area (Å²) in [4.78, 5) is 10.8. The van der Waals surface area contributed by atoms with Gasteiger partial charge >= 0.3 is 0 Å². The average molecular weight is 530 g/mol. The van der Waals surface area contributed by atoms with Crippen LogP contribution in [0.1, 0.15) is 12.8 Å². The minimum absolute atomic E-state index is 0. The molecular formula is C17H26Cl2IN5O2. The van der Waals surface area contributed by atoms with Crippen LogP contribution in [0.25, 0.3) is 0 Å². The van der Waals surface area contributed by atoms with Gasteiger partial charge in [-0.1, -0.05) is 23.2 Å². The van der Waals surface area contributed by atoms with Gasteiger partial charge in [0.25, 0.3) is 0 Å². The van der Waals surface area contributed by atoms with Crippen LogP contribution in [0.15, 0.2) is 17.3 Å². The largest absolute Gasteiger partial charge is 0.375 e. The Balaban J connectivity index is 0.00000261. The molecule has 0 aliphatic carbocycles. The zero-order valence-electron chi connectivity index (χ0n) is 15.3. The van der Waals surface area contributed by atoms with Crippen LogP contribution in [0.2, 0.25) is 10.0 Å². The number of ether oxygens (including phenoxy) is 2. The van der Waals surface area contributed by atoms with Gasteiger partial charge in [-0.3, -0.25) is 4.99 Å². The van der Waals surface area contributed by atoms with E-state index in [0.29, 0.717) is 35.6 Å². The number of pyridine rings is 1. The third-order valence-electron chi connectivity index (χ3n) is 4.49. The van der Waals surface area contributed by atoms with Crippen LogP contribution in [0, 0.1) is 0 Å². The molecule has 2 saturated heterocycles. The number of nitrogens with zero attached hydrogens (tertiary/aromatic N) is 3. The molecule has 0 saturated carbocycles. The molecule has 152 valence electrons. The Hall–Kier alpha value is -0.550. The predicted octanol–water partition coefficient (Wildman–Crippen LogP) is 2.87. The molecule has 2 fully saturated rings. The van der Waals surface area contributed by atoms with Crippen molar-refractivity contribution in [2.45, 2.75) is 25.0 Å². The molecule has 2 atom stereocenters. The molecule has 1 aromatic rings. The summed E-state index contributed by atoms with van der Waals surface area (Å²) in [6.45, 7) is 4.49. The summed E-state index contributed by atoms with van der Waals surface area (Å²) in [5.74, 6) is 1.49. The molecule has 7 nitrogen and oxygen atoms in total. The number of morpholine rings is 1. The van der Waals surface area contributed by atoms with Gasteiger partial charge in [-0.2, -0.15) is 0 Å². The summed E-state index contributed by atoms with van der Waals surface area (Å²) in [6, 6.07) is 1.67. The van der Waals surface area contributed by atoms with Gasteiger partial charge in [-0.15, -0.1) is 24.0 Å². The highest BCUT2D eigenvalue weighted by molar-refractivity contribution is 14.0. The first-order valence-electron chi connectivity index (χ1n) is 8.91. The molecule has 3 heterocycles. The number of rotatable bonds is 5. The number of halogens is 3. The second-order valence-corrected chi connectivity index (χ2v) is 7.14. The molecule has 0 radical (unpaired) electrons. The van der Waals surface area contributed by atoms with E-state index in [2.05, 4.69) is 25.5 Å². The minimum Gasteiger partial charge on any atom is -0.375 e. The molecule has 2 N–H and O–H groups in total. The van der Waals surface area contributed by atoms with Crippen LogP contribution in [0.3, 0.4) is 0 Å². The quantitative estimate of drug-likeness (QED) is 0.264. The number of hydrogen-bond donors (Lipinski definition) is 2. The standard InChI is InChI=1S/C17H25Cl2N5O2.HI/c1-20-17(22-5-4-21-16-13(19)9-12(18)10-23-16)24-6-8-26-15(11-24)14-3-2-7-25-14;/h9-10,14-15H,2-8,11H2,1H3,(H,20,22)(H,21,23);1H. The fourth-order valence-corrected chi connectivity index (χ4v) is 3.67. The number of guanidine groups is 1. The van der Waals surface area contributed by atoms with Crippen LogP contribution < -0.4 is 10.6 Å². The Morgan fingerprint density at radius 1 is 1.30 bits per heavy atom. The molecule has 0 aromatic carbocycles. The van der Waals surface area contributed by atoms with Crippen LogP contribution in [0.4, 0.5) is 5.82 Å². The first kappa shape index (κ1) is 22.7. The first-order valence-corrected chi connectivity index (χ1v) is 9.66. The number of anilines is 1. The number of aromatic nitrogens is 1. The lowest BCUT2D eigenvalue weighted by Gasteiger charge is -2.37. The number of hydrogen-bond acceptors (Lipinski definition) is 5. The summed E-state index contributed by atoms with van der Waals surface area (Å²) in [5.41, 5.74) is 0. The lowest BCUT2D eigenvalue weighted by molar-refractivity contribution is -0.0816. The van der Waals surface area contributed by atoms with E-state index < -0.39 is 0 Å². The van der Waals surface area contributed by atoms with Gasteiger partial charge in [0.15, 0.2) is 5.96 Å². The topological polar surface area (TPSA) is 71.0 Å². The third kappa shape index (κ3) is 6.49. The highest BCUT2D eigenvalue weighted by Gasteiger charge is 2.32. The van der Waals surface area contributed by atoms with E-state index >= 15 is 0 Å². The molecule has 0 bridgehead atoms. The Morgan fingerprint density at radius 2 is 2.11 bits per heavy atom. The monoisotopic (exact) mass is 529 g/mol. The van der Waals surface area contributed by atoms with E-state index in [-0.39, 0.29) is 36.2 Å². The molecule has 10 heteroatoms. The average Bonchev–Trinajstić information content (AvgIpc) is 3.18. The summed E-state index contributed by atoms with van der Waals surface area (Å²) in [5, 5.41) is 7.59. The van der Waals surface area contributed by atoms with E-state index in [0.717, 1.165) is 38.5 Å². The SMILES string of the molecule is CN=C(NCCNc1ncc(Cl)cc1Cl)N1CCOC(C2CCCO2)C1.I. The first-order chi connectivity index (χ1) is 12.7. The fraction of sp³-hybridized carbons (Fsp3) is 0.647. The van der Waals surface area contributed by atoms with Crippen molar-refractivity contribution in [1.29, 1.82) is 0 Å². The summed E-state index contributed by atoms with van der Waals surface area (Å²) < 4.78 is 11.7. The van der Waals surface area contributed by atoms with Crippen molar-refractivity contribution in [3.05, 3.63) is 22.3 Å². The second kappa shape index (κ2) is 11.5. The molecule has 2 unspecified atom stereocenters. The maximum absolute atomic E-state index is 6.11. The third-order valence-corrected chi connectivity index (χ3v) is 4.99. The van der Waals surface area contributed by atoms with Gasteiger partial charge in [0.1, 0.15) is 11.9 Å². The normalized spacial score (nSPS) is 23.1. The molecule has 27 heavy (non-hydrogen) atoms. The molecule has 2 aliphatic heterocycles. The van der Waals surface area contributed by atoms with Crippen molar-refractivity contribution in [3.8, 4) is 0 Å². The van der Waals surface area contributed by atoms with Crippen molar-refractivity contribution in [1.82, 2.24) is 15.2 Å². The van der Waals surface area contributed by atoms with Gasteiger partial charge in [0, 0.05) is 46.0 Å². The van der Waals surface area contributed by atoms with Crippen molar-refractivity contribution in [2.75, 3.05) is 51.8 Å². The van der Waals surface area contributed by atoms with E-state index in [9.17, 15) is 0 Å². The molecule has 2 aliphatic rings. The van der Waals surface area contributed by atoms with Crippen molar-refractivity contribution in [2.24, 2.45) is 4.99 Å². The van der Waals surface area contributed by atoms with Crippen molar-refractivity contribution >= 4 is 59.0 Å². The maximum Gasteiger partial charge on any atom is 0.193 e. The highest BCUT2D eigenvalue weighted by atomic mass is 127. The number of aliphatic imine (C=N–C) groups is 1. The summed E-state index contributed by atoms with van der Waals surface area (Å²) in [7, 11) is 1.80. The Kier molecular flexibility index (Phi) is 9.64. The predicted molar refractivity (Wildman–Crippen MR) is 120 cm³/mol. The van der Waals surface area contributed by atoms with E-state index in [4.69, 9.17) is 32.7 Å². The fourth-order valence-electron chi connectivity index (χ4n) is 3.22. The lowest BCUT2D eigenvalue weighted by Crippen LogP contribution is -2.53. The molecule has 1 aromatic heterocycles. The number of nitrogens with one attached hydrogen (secondary N) is 2. The van der Waals surface area contributed by atoms with E-state index in [1.165, 1.54) is 0 Å². The zero-order valence-corrected chi connectivity index (χ0v) is 19.1.